The van der Waals surface area contributed by atoms with E-state index in [2.05, 4.69) is 0 Å². The van der Waals surface area contributed by atoms with E-state index < -0.39 is 23.7 Å². The summed E-state index contributed by atoms with van der Waals surface area (Å²) < 4.78 is 15.7. The van der Waals surface area contributed by atoms with Gasteiger partial charge >= 0.3 is 12.1 Å². The molecule has 1 aromatic carbocycles. The summed E-state index contributed by atoms with van der Waals surface area (Å²) >= 11 is 0. The van der Waals surface area contributed by atoms with Crippen LogP contribution in [0.2, 0.25) is 0 Å². The molecule has 2 rings (SSSR count). The summed E-state index contributed by atoms with van der Waals surface area (Å²) in [5.41, 5.74) is 0.371. The maximum Gasteiger partial charge on any atom is 0.413 e. The van der Waals surface area contributed by atoms with Crippen LogP contribution >= 0.6 is 0 Å². The Balaban J connectivity index is 1.89. The molecule has 120 valence electrons. The number of benzene rings is 1. The lowest BCUT2D eigenvalue weighted by molar-refractivity contribution is -0.140. The Bertz CT molecular complexity index is 523. The predicted molar refractivity (Wildman–Crippen MR) is 78.9 cm³/mol. The van der Waals surface area contributed by atoms with Crippen LogP contribution in [0.25, 0.3) is 0 Å². The third-order valence-corrected chi connectivity index (χ3v) is 3.01. The highest BCUT2D eigenvalue weighted by Crippen LogP contribution is 2.17. The van der Waals surface area contributed by atoms with Gasteiger partial charge in [-0.15, -0.1) is 0 Å². The second-order valence-corrected chi connectivity index (χ2v) is 6.06. The molecular weight excluding hydrogens is 286 g/mol. The Labute approximate surface area is 129 Å². The van der Waals surface area contributed by atoms with Gasteiger partial charge in [0.2, 0.25) is 0 Å². The fourth-order valence-electron chi connectivity index (χ4n) is 1.97. The van der Waals surface area contributed by atoms with E-state index in [4.69, 9.17) is 14.2 Å². The van der Waals surface area contributed by atoms with Crippen molar-refractivity contribution in [2.75, 3.05) is 13.3 Å². The van der Waals surface area contributed by atoms with Crippen molar-refractivity contribution in [2.45, 2.75) is 39.0 Å². The largest absolute Gasteiger partial charge is 0.444 e. The summed E-state index contributed by atoms with van der Waals surface area (Å²) in [6.07, 6.45) is -0.577. The van der Waals surface area contributed by atoms with E-state index in [1.54, 1.807) is 20.8 Å². The van der Waals surface area contributed by atoms with Gasteiger partial charge in [0.05, 0.1) is 13.2 Å². The molecule has 6 nitrogen and oxygen atoms in total. The zero-order chi connectivity index (χ0) is 16.2. The lowest BCUT2D eigenvalue weighted by Gasteiger charge is -2.25. The smallest absolute Gasteiger partial charge is 0.413 e. The number of cyclic esters (lactones) is 1. The number of nitrogens with zero attached hydrogens (tertiary/aromatic N) is 1. The number of ether oxygens (including phenoxy) is 3. The molecule has 0 radical (unpaired) electrons. The Morgan fingerprint density at radius 3 is 2.64 bits per heavy atom. The molecule has 1 saturated heterocycles. The molecule has 0 N–H and O–H groups in total. The van der Waals surface area contributed by atoms with Crippen molar-refractivity contribution in [1.82, 2.24) is 4.90 Å². The minimum absolute atomic E-state index is 0.0764. The number of esters is 1. The van der Waals surface area contributed by atoms with Crippen LogP contribution in [0.4, 0.5) is 4.79 Å². The van der Waals surface area contributed by atoms with Crippen molar-refractivity contribution >= 4 is 12.1 Å². The van der Waals surface area contributed by atoms with E-state index in [1.807, 2.05) is 30.3 Å². The van der Waals surface area contributed by atoms with Crippen molar-refractivity contribution in [3.8, 4) is 0 Å². The van der Waals surface area contributed by atoms with Gasteiger partial charge in [-0.1, -0.05) is 30.3 Å². The molecular formula is C16H21NO5. The average Bonchev–Trinajstić information content (AvgIpc) is 2.80. The van der Waals surface area contributed by atoms with Crippen molar-refractivity contribution < 1.29 is 23.8 Å². The summed E-state index contributed by atoms with van der Waals surface area (Å²) in [7, 11) is 0. The SMILES string of the molecule is CC(C)(C)OC(=O)N1COC(=O)[C@H]1COCc1ccccc1. The Hall–Kier alpha value is -2.08. The second-order valence-electron chi connectivity index (χ2n) is 6.06. The molecule has 0 saturated carbocycles. The Morgan fingerprint density at radius 2 is 2.00 bits per heavy atom. The van der Waals surface area contributed by atoms with Crippen molar-refractivity contribution in [3.63, 3.8) is 0 Å². The molecule has 0 aliphatic carbocycles. The van der Waals surface area contributed by atoms with E-state index in [1.165, 1.54) is 4.90 Å². The topological polar surface area (TPSA) is 65.1 Å². The quantitative estimate of drug-likeness (QED) is 0.799. The molecule has 1 amide bonds. The van der Waals surface area contributed by atoms with Gasteiger partial charge < -0.3 is 14.2 Å². The van der Waals surface area contributed by atoms with Crippen molar-refractivity contribution in [1.29, 1.82) is 0 Å². The van der Waals surface area contributed by atoms with Gasteiger partial charge in [-0.2, -0.15) is 0 Å². The molecule has 0 unspecified atom stereocenters. The highest BCUT2D eigenvalue weighted by molar-refractivity contribution is 5.84. The summed E-state index contributed by atoms with van der Waals surface area (Å²) in [6, 6.07) is 8.84. The number of hydrogen-bond donors (Lipinski definition) is 0. The van der Waals surface area contributed by atoms with E-state index in [0.717, 1.165) is 5.56 Å². The predicted octanol–water partition coefficient (Wildman–Crippen LogP) is 2.32. The Morgan fingerprint density at radius 1 is 1.32 bits per heavy atom. The maximum atomic E-state index is 12.1. The van der Waals surface area contributed by atoms with E-state index >= 15 is 0 Å². The third-order valence-electron chi connectivity index (χ3n) is 3.01. The van der Waals surface area contributed by atoms with Crippen molar-refractivity contribution in [3.05, 3.63) is 35.9 Å². The van der Waals surface area contributed by atoms with Crippen LogP contribution in [-0.2, 0) is 25.6 Å². The monoisotopic (exact) mass is 307 g/mol. The molecule has 1 aliphatic rings. The van der Waals surface area contributed by atoms with E-state index in [-0.39, 0.29) is 13.3 Å². The number of hydrogen-bond acceptors (Lipinski definition) is 5. The first kappa shape index (κ1) is 16.3. The zero-order valence-electron chi connectivity index (χ0n) is 13.1. The highest BCUT2D eigenvalue weighted by atomic mass is 16.6. The van der Waals surface area contributed by atoms with Crippen LogP contribution in [0.15, 0.2) is 30.3 Å². The Kier molecular flexibility index (Phi) is 5.03. The first-order valence-corrected chi connectivity index (χ1v) is 7.15. The molecule has 1 atom stereocenters. The highest BCUT2D eigenvalue weighted by Gasteiger charge is 2.40. The number of carbonyl (C=O) groups excluding carboxylic acids is 2. The van der Waals surface area contributed by atoms with Gasteiger partial charge in [0, 0.05) is 0 Å². The van der Waals surface area contributed by atoms with Crippen LogP contribution in [-0.4, -0.2) is 41.9 Å². The fourth-order valence-corrected chi connectivity index (χ4v) is 1.97. The van der Waals surface area contributed by atoms with Gasteiger partial charge in [0.25, 0.3) is 0 Å². The van der Waals surface area contributed by atoms with Gasteiger partial charge in [0.15, 0.2) is 12.8 Å². The maximum absolute atomic E-state index is 12.1. The molecule has 0 spiro atoms. The van der Waals surface area contributed by atoms with Crippen LogP contribution in [0.3, 0.4) is 0 Å². The van der Waals surface area contributed by atoms with Crippen LogP contribution < -0.4 is 0 Å². The van der Waals surface area contributed by atoms with Gasteiger partial charge in [-0.25, -0.2) is 9.59 Å². The van der Waals surface area contributed by atoms with Crippen LogP contribution in [0.1, 0.15) is 26.3 Å². The number of amides is 1. The molecule has 1 heterocycles. The third kappa shape index (κ3) is 4.46. The molecule has 6 heteroatoms. The van der Waals surface area contributed by atoms with Gasteiger partial charge in [-0.05, 0) is 26.3 Å². The first-order valence-electron chi connectivity index (χ1n) is 7.15. The van der Waals surface area contributed by atoms with E-state index in [0.29, 0.717) is 6.61 Å². The first-order chi connectivity index (χ1) is 10.4. The number of carbonyl (C=O) groups is 2. The standard InChI is InChI=1S/C16H21NO5/c1-16(2,3)22-15(19)17-11-21-14(18)13(17)10-20-9-12-7-5-4-6-8-12/h4-8,13H,9-11H2,1-3H3/t13-/m1/s1. The molecule has 0 bridgehead atoms. The average molecular weight is 307 g/mol. The molecule has 1 aromatic rings. The van der Waals surface area contributed by atoms with Gasteiger partial charge in [0.1, 0.15) is 5.60 Å². The second kappa shape index (κ2) is 6.79. The summed E-state index contributed by atoms with van der Waals surface area (Å²) in [5, 5.41) is 0. The van der Waals surface area contributed by atoms with Crippen LogP contribution in [0, 0.1) is 0 Å². The van der Waals surface area contributed by atoms with Crippen LogP contribution in [0.5, 0.6) is 0 Å². The fraction of sp³-hybridized carbons (Fsp3) is 0.500. The molecule has 0 aromatic heterocycles. The summed E-state index contributed by atoms with van der Waals surface area (Å²) in [6.45, 7) is 5.65. The van der Waals surface area contributed by atoms with Gasteiger partial charge in [-0.3, -0.25) is 4.90 Å². The molecule has 1 fully saturated rings. The normalized spacial score (nSPS) is 18.2. The minimum Gasteiger partial charge on any atom is -0.444 e. The summed E-state index contributed by atoms with van der Waals surface area (Å²) in [4.78, 5) is 25.1. The lowest BCUT2D eigenvalue weighted by Crippen LogP contribution is -2.43. The van der Waals surface area contributed by atoms with Crippen molar-refractivity contribution in [2.24, 2.45) is 0 Å². The van der Waals surface area contributed by atoms with E-state index in [9.17, 15) is 9.59 Å². The lowest BCUT2D eigenvalue weighted by atomic mass is 10.2. The molecule has 1 aliphatic heterocycles. The number of rotatable bonds is 4. The summed E-state index contributed by atoms with van der Waals surface area (Å²) in [5.74, 6) is -0.473. The zero-order valence-corrected chi connectivity index (χ0v) is 13.1. The minimum atomic E-state index is -0.765. The molecule has 22 heavy (non-hydrogen) atoms.